The molecule has 0 aliphatic carbocycles. The summed E-state index contributed by atoms with van der Waals surface area (Å²) in [5.74, 6) is 0.285. The van der Waals surface area contributed by atoms with Gasteiger partial charge in [0.05, 0.1) is 22.3 Å². The Morgan fingerprint density at radius 3 is 2.66 bits per heavy atom. The Morgan fingerprint density at radius 2 is 1.97 bits per heavy atom. The Bertz CT molecular complexity index is 1220. The third-order valence-corrected chi connectivity index (χ3v) is 5.88. The maximum absolute atomic E-state index is 12.8. The Hall–Kier alpha value is -3.49. The minimum atomic E-state index is -0.472. The molecule has 2 aromatic carbocycles. The number of nitrogens with one attached hydrogen (secondary N) is 1. The molecule has 1 atom stereocenters. The molecule has 0 radical (unpaired) electrons. The standard InChI is InChI=1S/C23H18ClN3O4S/c24-17-4-1-3-16(11-17)13-22(28)25-19(12-15-6-8-18(9-7-15)27(29)30)20-14-31-23(26-20)21-5-2-10-32-21/h1-11,14,19H,12-13H2,(H,25,28). The number of nitro benzene ring substituents is 1. The number of benzene rings is 2. The zero-order valence-corrected chi connectivity index (χ0v) is 18.3. The SMILES string of the molecule is O=C(Cc1cccc(Cl)c1)NC(Cc1ccc([N+](=O)[O-])cc1)c1coc(-c2cccs2)n1. The number of thiophene rings is 1. The van der Waals surface area contributed by atoms with Gasteiger partial charge in [-0.3, -0.25) is 14.9 Å². The van der Waals surface area contributed by atoms with Crippen molar-refractivity contribution in [3.05, 3.63) is 104 Å². The van der Waals surface area contributed by atoms with Crippen molar-refractivity contribution in [2.24, 2.45) is 0 Å². The number of hydrogen-bond acceptors (Lipinski definition) is 6. The highest BCUT2D eigenvalue weighted by Crippen LogP contribution is 2.27. The fourth-order valence-corrected chi connectivity index (χ4v) is 4.12. The van der Waals surface area contributed by atoms with E-state index in [1.165, 1.54) is 29.7 Å². The van der Waals surface area contributed by atoms with Crippen LogP contribution < -0.4 is 5.32 Å². The average molecular weight is 468 g/mol. The van der Waals surface area contributed by atoms with Gasteiger partial charge in [0.1, 0.15) is 12.0 Å². The molecule has 2 aromatic heterocycles. The summed E-state index contributed by atoms with van der Waals surface area (Å²) in [6.45, 7) is 0. The molecule has 162 valence electrons. The fourth-order valence-electron chi connectivity index (χ4n) is 3.26. The maximum atomic E-state index is 12.8. The lowest BCUT2D eigenvalue weighted by Gasteiger charge is -2.17. The Morgan fingerprint density at radius 1 is 1.16 bits per heavy atom. The van der Waals surface area contributed by atoms with E-state index in [4.69, 9.17) is 16.0 Å². The molecule has 1 unspecified atom stereocenters. The molecule has 0 aliphatic heterocycles. The highest BCUT2D eigenvalue weighted by Gasteiger charge is 2.21. The van der Waals surface area contributed by atoms with Crippen LogP contribution in [-0.4, -0.2) is 15.8 Å². The summed E-state index contributed by atoms with van der Waals surface area (Å²) in [5, 5.41) is 16.4. The summed E-state index contributed by atoms with van der Waals surface area (Å²) in [6.07, 6.45) is 2.09. The second-order valence-electron chi connectivity index (χ2n) is 7.11. The second kappa shape index (κ2) is 9.76. The van der Waals surface area contributed by atoms with E-state index in [0.29, 0.717) is 23.0 Å². The maximum Gasteiger partial charge on any atom is 0.269 e. The van der Waals surface area contributed by atoms with E-state index in [1.54, 1.807) is 30.3 Å². The van der Waals surface area contributed by atoms with E-state index >= 15 is 0 Å². The molecule has 4 aromatic rings. The summed E-state index contributed by atoms with van der Waals surface area (Å²) >= 11 is 7.53. The number of amides is 1. The number of nitrogens with zero attached hydrogens (tertiary/aromatic N) is 2. The van der Waals surface area contributed by atoms with E-state index in [1.807, 2.05) is 23.6 Å². The van der Waals surface area contributed by atoms with Gasteiger partial charge < -0.3 is 9.73 Å². The van der Waals surface area contributed by atoms with Crippen LogP contribution in [0, 0.1) is 10.1 Å². The molecule has 0 bridgehead atoms. The molecule has 2 heterocycles. The number of halogens is 1. The van der Waals surface area contributed by atoms with Crippen molar-refractivity contribution < 1.29 is 14.1 Å². The number of carbonyl (C=O) groups excluding carboxylic acids is 1. The van der Waals surface area contributed by atoms with Crippen LogP contribution in [0.3, 0.4) is 0 Å². The zero-order valence-electron chi connectivity index (χ0n) is 16.7. The summed E-state index contributed by atoms with van der Waals surface area (Å²) in [4.78, 5) is 28.7. The van der Waals surface area contributed by atoms with E-state index in [0.717, 1.165) is 16.0 Å². The largest absolute Gasteiger partial charge is 0.443 e. The Kier molecular flexibility index (Phi) is 6.63. The lowest BCUT2D eigenvalue weighted by molar-refractivity contribution is -0.384. The van der Waals surface area contributed by atoms with Crippen molar-refractivity contribution >= 4 is 34.5 Å². The number of rotatable bonds is 8. The quantitative estimate of drug-likeness (QED) is 0.268. The van der Waals surface area contributed by atoms with E-state index in [-0.39, 0.29) is 18.0 Å². The van der Waals surface area contributed by atoms with Crippen molar-refractivity contribution in [3.63, 3.8) is 0 Å². The van der Waals surface area contributed by atoms with Gasteiger partial charge in [0.15, 0.2) is 0 Å². The molecule has 1 amide bonds. The van der Waals surface area contributed by atoms with Gasteiger partial charge in [-0.2, -0.15) is 0 Å². The average Bonchev–Trinajstić information content (AvgIpc) is 3.46. The van der Waals surface area contributed by atoms with Gasteiger partial charge in [-0.25, -0.2) is 4.98 Å². The van der Waals surface area contributed by atoms with E-state index in [9.17, 15) is 14.9 Å². The van der Waals surface area contributed by atoms with Gasteiger partial charge in [-0.15, -0.1) is 11.3 Å². The van der Waals surface area contributed by atoms with Gasteiger partial charge in [0.2, 0.25) is 11.8 Å². The Labute approximate surface area is 192 Å². The summed E-state index contributed by atoms with van der Waals surface area (Å²) in [5.41, 5.74) is 2.20. The zero-order chi connectivity index (χ0) is 22.5. The topological polar surface area (TPSA) is 98.3 Å². The van der Waals surface area contributed by atoms with Crippen LogP contribution in [0.5, 0.6) is 0 Å². The number of aromatic nitrogens is 1. The number of non-ortho nitro benzene ring substituents is 1. The summed E-state index contributed by atoms with van der Waals surface area (Å²) in [7, 11) is 0. The van der Waals surface area contributed by atoms with Crippen LogP contribution in [0.1, 0.15) is 22.9 Å². The van der Waals surface area contributed by atoms with Crippen molar-refractivity contribution in [1.29, 1.82) is 0 Å². The first-order chi connectivity index (χ1) is 15.5. The molecule has 7 nitrogen and oxygen atoms in total. The van der Waals surface area contributed by atoms with Gasteiger partial charge in [-0.05, 0) is 41.1 Å². The van der Waals surface area contributed by atoms with Gasteiger partial charge in [-0.1, -0.05) is 41.9 Å². The summed E-state index contributed by atoms with van der Waals surface area (Å²) in [6, 6.07) is 16.7. The number of carbonyl (C=O) groups is 1. The smallest absolute Gasteiger partial charge is 0.269 e. The highest BCUT2D eigenvalue weighted by atomic mass is 35.5. The molecule has 0 spiro atoms. The van der Waals surface area contributed by atoms with Crippen molar-refractivity contribution in [2.75, 3.05) is 0 Å². The molecule has 0 saturated heterocycles. The minimum absolute atomic E-state index is 0.0108. The molecule has 0 saturated carbocycles. The van der Waals surface area contributed by atoms with E-state index in [2.05, 4.69) is 10.3 Å². The van der Waals surface area contributed by atoms with Crippen molar-refractivity contribution in [3.8, 4) is 10.8 Å². The number of nitro groups is 1. The number of oxazole rings is 1. The predicted molar refractivity (Wildman–Crippen MR) is 123 cm³/mol. The van der Waals surface area contributed by atoms with Crippen LogP contribution in [0.15, 0.2) is 76.7 Å². The monoisotopic (exact) mass is 467 g/mol. The molecular weight excluding hydrogens is 450 g/mol. The Balaban J connectivity index is 1.55. The predicted octanol–water partition coefficient (Wildman–Crippen LogP) is 5.61. The molecule has 0 fully saturated rings. The minimum Gasteiger partial charge on any atom is -0.443 e. The third-order valence-electron chi connectivity index (χ3n) is 4.79. The lowest BCUT2D eigenvalue weighted by Crippen LogP contribution is -2.31. The van der Waals surface area contributed by atoms with Gasteiger partial charge in [0, 0.05) is 17.2 Å². The normalized spacial score (nSPS) is 11.8. The van der Waals surface area contributed by atoms with E-state index < -0.39 is 11.0 Å². The molecule has 4 rings (SSSR count). The first-order valence-electron chi connectivity index (χ1n) is 9.74. The molecule has 0 aliphatic rings. The molecule has 1 N–H and O–H groups in total. The van der Waals surface area contributed by atoms with Crippen LogP contribution >= 0.6 is 22.9 Å². The summed E-state index contributed by atoms with van der Waals surface area (Å²) < 4.78 is 5.64. The van der Waals surface area contributed by atoms with Crippen molar-refractivity contribution in [2.45, 2.75) is 18.9 Å². The first kappa shape index (κ1) is 21.7. The van der Waals surface area contributed by atoms with Crippen LogP contribution in [0.4, 0.5) is 5.69 Å². The van der Waals surface area contributed by atoms with Crippen LogP contribution in [0.25, 0.3) is 10.8 Å². The highest BCUT2D eigenvalue weighted by molar-refractivity contribution is 7.13. The van der Waals surface area contributed by atoms with Crippen molar-refractivity contribution in [1.82, 2.24) is 10.3 Å². The molecular formula is C23H18ClN3O4S. The number of hydrogen-bond donors (Lipinski definition) is 1. The second-order valence-corrected chi connectivity index (χ2v) is 8.49. The van der Waals surface area contributed by atoms with Gasteiger partial charge in [0.25, 0.3) is 5.69 Å². The first-order valence-corrected chi connectivity index (χ1v) is 11.0. The molecule has 32 heavy (non-hydrogen) atoms. The van der Waals surface area contributed by atoms with Gasteiger partial charge >= 0.3 is 0 Å². The lowest BCUT2D eigenvalue weighted by atomic mass is 10.0. The fraction of sp³-hybridized carbons (Fsp3) is 0.130. The molecule has 9 heteroatoms. The van der Waals surface area contributed by atoms with Crippen LogP contribution in [0.2, 0.25) is 5.02 Å². The third kappa shape index (κ3) is 5.40. The van der Waals surface area contributed by atoms with Crippen LogP contribution in [-0.2, 0) is 17.6 Å².